The quantitative estimate of drug-likeness (QED) is 0.864. The van der Waals surface area contributed by atoms with E-state index in [9.17, 15) is 10.1 Å². The van der Waals surface area contributed by atoms with Crippen molar-refractivity contribution in [2.24, 2.45) is 5.92 Å². The normalized spacial score (nSPS) is 18.4. The highest BCUT2D eigenvalue weighted by atomic mass is 32.2. The minimum atomic E-state index is -0.720. The van der Waals surface area contributed by atoms with Gasteiger partial charge in [0.25, 0.3) is 0 Å². The molecule has 1 N–H and O–H groups in total. The smallest absolute Gasteiger partial charge is 0.306 e. The molecule has 5 heteroatoms. The average molecular weight is 290 g/mol. The molecule has 0 radical (unpaired) electrons. The van der Waals surface area contributed by atoms with Crippen molar-refractivity contribution >= 4 is 17.7 Å². The minimum Gasteiger partial charge on any atom is -0.481 e. The Labute approximate surface area is 123 Å². The lowest BCUT2D eigenvalue weighted by Gasteiger charge is -2.33. The number of nitriles is 1. The van der Waals surface area contributed by atoms with Gasteiger partial charge in [-0.3, -0.25) is 9.69 Å². The van der Waals surface area contributed by atoms with E-state index in [0.29, 0.717) is 25.9 Å². The van der Waals surface area contributed by atoms with Gasteiger partial charge in [0, 0.05) is 18.0 Å². The molecule has 1 unspecified atom stereocenters. The molecule has 1 heterocycles. The van der Waals surface area contributed by atoms with Gasteiger partial charge in [-0.15, -0.1) is 11.8 Å². The van der Waals surface area contributed by atoms with E-state index in [1.54, 1.807) is 11.8 Å². The van der Waals surface area contributed by atoms with Crippen molar-refractivity contribution in [3.63, 3.8) is 0 Å². The fourth-order valence-corrected chi connectivity index (χ4v) is 2.97. The van der Waals surface area contributed by atoms with Crippen LogP contribution in [-0.2, 0) is 4.79 Å². The maximum atomic E-state index is 11.0. The van der Waals surface area contributed by atoms with Crippen LogP contribution >= 0.6 is 11.8 Å². The first-order valence-electron chi connectivity index (χ1n) is 6.66. The van der Waals surface area contributed by atoms with E-state index < -0.39 is 5.97 Å². The lowest BCUT2D eigenvalue weighted by Crippen LogP contribution is -2.38. The topological polar surface area (TPSA) is 64.3 Å². The average Bonchev–Trinajstić information content (AvgIpc) is 2.49. The van der Waals surface area contributed by atoms with Gasteiger partial charge in [0.15, 0.2) is 0 Å². The summed E-state index contributed by atoms with van der Waals surface area (Å²) < 4.78 is 0. The number of piperidine rings is 1. The van der Waals surface area contributed by atoms with Crippen molar-refractivity contribution in [2.45, 2.75) is 23.8 Å². The summed E-state index contributed by atoms with van der Waals surface area (Å²) in [6.07, 6.45) is 3.26. The molecule has 1 aliphatic heterocycles. The van der Waals surface area contributed by atoms with Crippen LogP contribution in [0, 0.1) is 17.2 Å². The third-order valence-electron chi connectivity index (χ3n) is 3.80. The van der Waals surface area contributed by atoms with Gasteiger partial charge < -0.3 is 5.11 Å². The maximum Gasteiger partial charge on any atom is 0.306 e. The second-order valence-corrected chi connectivity index (χ2v) is 5.83. The lowest BCUT2D eigenvalue weighted by atomic mass is 9.95. The molecular weight excluding hydrogens is 272 g/mol. The fraction of sp³-hybridized carbons (Fsp3) is 0.467. The van der Waals surface area contributed by atoms with Crippen LogP contribution in [0.15, 0.2) is 29.2 Å². The zero-order chi connectivity index (χ0) is 14.5. The molecule has 106 valence electrons. The van der Waals surface area contributed by atoms with Crippen LogP contribution in [0.2, 0.25) is 0 Å². The van der Waals surface area contributed by atoms with Crippen molar-refractivity contribution in [1.82, 2.24) is 4.90 Å². The number of carboxylic acid groups (broad SMARTS) is 1. The highest BCUT2D eigenvalue weighted by molar-refractivity contribution is 7.98. The van der Waals surface area contributed by atoms with E-state index in [4.69, 9.17) is 5.11 Å². The van der Waals surface area contributed by atoms with E-state index in [1.807, 2.05) is 30.5 Å². The lowest BCUT2D eigenvalue weighted by molar-refractivity contribution is -0.143. The monoisotopic (exact) mass is 290 g/mol. The summed E-state index contributed by atoms with van der Waals surface area (Å²) in [5.41, 5.74) is 0.985. The number of carbonyl (C=O) groups is 1. The van der Waals surface area contributed by atoms with Crippen LogP contribution in [-0.4, -0.2) is 35.3 Å². The maximum absolute atomic E-state index is 11.0. The molecule has 1 aromatic rings. The number of nitrogens with zero attached hydrogens (tertiary/aromatic N) is 2. The molecule has 0 spiro atoms. The van der Waals surface area contributed by atoms with E-state index in [1.165, 1.54) is 4.90 Å². The van der Waals surface area contributed by atoms with Gasteiger partial charge in [0.2, 0.25) is 0 Å². The molecule has 4 nitrogen and oxygen atoms in total. The van der Waals surface area contributed by atoms with Crippen molar-refractivity contribution in [1.29, 1.82) is 5.26 Å². The molecule has 2 rings (SSSR count). The number of hydrogen-bond acceptors (Lipinski definition) is 4. The third kappa shape index (κ3) is 3.33. The van der Waals surface area contributed by atoms with Gasteiger partial charge >= 0.3 is 5.97 Å². The number of carboxylic acids is 1. The van der Waals surface area contributed by atoms with Crippen LogP contribution in [0.25, 0.3) is 0 Å². The molecule has 0 saturated carbocycles. The van der Waals surface area contributed by atoms with Crippen LogP contribution < -0.4 is 0 Å². The largest absolute Gasteiger partial charge is 0.481 e. The first-order valence-corrected chi connectivity index (χ1v) is 7.88. The SMILES string of the molecule is CSc1ccc(C(C#N)N2CCC(C(=O)O)CC2)cc1. The highest BCUT2D eigenvalue weighted by Gasteiger charge is 2.29. The third-order valence-corrected chi connectivity index (χ3v) is 4.54. The van der Waals surface area contributed by atoms with Gasteiger partial charge in [-0.05, 0) is 36.8 Å². The Balaban J connectivity index is 2.05. The molecule has 1 aromatic carbocycles. The summed E-state index contributed by atoms with van der Waals surface area (Å²) in [7, 11) is 0. The predicted molar refractivity (Wildman–Crippen MR) is 78.5 cm³/mol. The highest BCUT2D eigenvalue weighted by Crippen LogP contribution is 2.27. The summed E-state index contributed by atoms with van der Waals surface area (Å²) in [5.74, 6) is -0.980. The van der Waals surface area contributed by atoms with Gasteiger partial charge in [0.1, 0.15) is 6.04 Å². The van der Waals surface area contributed by atoms with Crippen molar-refractivity contribution < 1.29 is 9.90 Å². The molecule has 1 saturated heterocycles. The second kappa shape index (κ2) is 6.78. The Hall–Kier alpha value is -1.51. The van der Waals surface area contributed by atoms with Gasteiger partial charge in [-0.1, -0.05) is 12.1 Å². The van der Waals surface area contributed by atoms with E-state index in [-0.39, 0.29) is 12.0 Å². The Morgan fingerprint density at radius 2 is 2.00 bits per heavy atom. The summed E-state index contributed by atoms with van der Waals surface area (Å²) in [5, 5.41) is 18.4. The number of benzene rings is 1. The Bertz CT molecular complexity index is 502. The zero-order valence-corrected chi connectivity index (χ0v) is 12.3. The molecule has 0 amide bonds. The molecule has 1 fully saturated rings. The summed E-state index contributed by atoms with van der Waals surface area (Å²) in [6.45, 7) is 1.33. The van der Waals surface area contributed by atoms with Crippen LogP contribution in [0.1, 0.15) is 24.4 Å². The molecule has 0 bridgehead atoms. The van der Waals surface area contributed by atoms with E-state index in [2.05, 4.69) is 11.0 Å². The van der Waals surface area contributed by atoms with Gasteiger partial charge in [-0.2, -0.15) is 5.26 Å². The summed E-state index contributed by atoms with van der Waals surface area (Å²) in [6, 6.07) is 10.1. The second-order valence-electron chi connectivity index (χ2n) is 4.95. The first kappa shape index (κ1) is 14.9. The Kier molecular flexibility index (Phi) is 5.05. The van der Waals surface area contributed by atoms with Crippen LogP contribution in [0.3, 0.4) is 0 Å². The molecule has 0 aromatic heterocycles. The van der Waals surface area contributed by atoms with Crippen molar-refractivity contribution in [3.8, 4) is 6.07 Å². The summed E-state index contributed by atoms with van der Waals surface area (Å²) in [4.78, 5) is 14.2. The molecule has 1 atom stereocenters. The summed E-state index contributed by atoms with van der Waals surface area (Å²) >= 11 is 1.67. The van der Waals surface area contributed by atoms with Crippen molar-refractivity contribution in [3.05, 3.63) is 29.8 Å². The van der Waals surface area contributed by atoms with Crippen LogP contribution in [0.5, 0.6) is 0 Å². The molecule has 0 aliphatic carbocycles. The standard InChI is InChI=1S/C15H18N2O2S/c1-20-13-4-2-11(3-5-13)14(10-16)17-8-6-12(7-9-17)15(18)19/h2-5,12,14H,6-9H2,1H3,(H,18,19). The predicted octanol–water partition coefficient (Wildman–Crippen LogP) is 2.77. The number of hydrogen-bond donors (Lipinski definition) is 1. The Morgan fingerprint density at radius 1 is 1.40 bits per heavy atom. The molecular formula is C15H18N2O2S. The number of likely N-dealkylation sites (tertiary alicyclic amines) is 1. The van der Waals surface area contributed by atoms with Gasteiger partial charge in [0.05, 0.1) is 12.0 Å². The van der Waals surface area contributed by atoms with E-state index in [0.717, 1.165) is 5.56 Å². The minimum absolute atomic E-state index is 0.260. The number of rotatable bonds is 4. The molecule has 20 heavy (non-hydrogen) atoms. The molecule has 1 aliphatic rings. The Morgan fingerprint density at radius 3 is 2.45 bits per heavy atom. The number of thioether (sulfide) groups is 1. The van der Waals surface area contributed by atoms with E-state index >= 15 is 0 Å². The first-order chi connectivity index (χ1) is 9.65. The van der Waals surface area contributed by atoms with Crippen LogP contribution in [0.4, 0.5) is 0 Å². The fourth-order valence-electron chi connectivity index (χ4n) is 2.56. The van der Waals surface area contributed by atoms with Crippen molar-refractivity contribution in [2.75, 3.05) is 19.3 Å². The number of aliphatic carboxylic acids is 1. The van der Waals surface area contributed by atoms with Gasteiger partial charge in [-0.25, -0.2) is 0 Å². The zero-order valence-electron chi connectivity index (χ0n) is 11.5.